The van der Waals surface area contributed by atoms with E-state index >= 15 is 0 Å². The molecule has 0 aliphatic carbocycles. The number of carbonyl (C=O) groups is 2. The fourth-order valence-corrected chi connectivity index (χ4v) is 1.82. The maximum Gasteiger partial charge on any atom is 0.279 e. The zero-order valence-corrected chi connectivity index (χ0v) is 12.1. The average molecular weight is 286 g/mol. The molecular formula is C16H18N2O3. The second-order valence-corrected chi connectivity index (χ2v) is 4.66. The quantitative estimate of drug-likeness (QED) is 0.846. The number of hydrogen-bond acceptors (Lipinski definition) is 3. The molecule has 0 aliphatic rings. The highest BCUT2D eigenvalue weighted by atomic mass is 16.5. The van der Waals surface area contributed by atoms with Crippen LogP contribution in [0.3, 0.4) is 0 Å². The summed E-state index contributed by atoms with van der Waals surface area (Å²) >= 11 is 0. The molecule has 110 valence electrons. The highest BCUT2D eigenvalue weighted by Gasteiger charge is 2.15. The van der Waals surface area contributed by atoms with Crippen LogP contribution in [0, 0.1) is 0 Å². The number of hydrazine groups is 1. The van der Waals surface area contributed by atoms with Gasteiger partial charge in [-0.05, 0) is 29.8 Å². The molecule has 2 amide bonds. The van der Waals surface area contributed by atoms with Gasteiger partial charge in [-0.2, -0.15) is 0 Å². The minimum atomic E-state index is -0.705. The first-order valence-corrected chi connectivity index (χ1v) is 6.84. The number of ether oxygens (including phenoxy) is 1. The molecule has 0 heterocycles. The summed E-state index contributed by atoms with van der Waals surface area (Å²) in [5, 5.41) is 2.15. The van der Waals surface area contributed by atoms with Crippen molar-refractivity contribution in [1.29, 1.82) is 0 Å². The lowest BCUT2D eigenvalue weighted by molar-refractivity contribution is -0.132. The molecule has 5 nitrogen and oxygen atoms in total. The van der Waals surface area contributed by atoms with Gasteiger partial charge in [0, 0.05) is 6.42 Å². The Kier molecular flexibility index (Phi) is 4.77. The molecule has 0 saturated carbocycles. The van der Waals surface area contributed by atoms with Crippen molar-refractivity contribution in [2.24, 2.45) is 0 Å². The lowest BCUT2D eigenvalue weighted by Gasteiger charge is -2.15. The number of nitrogens with one attached hydrogen (secondary N) is 2. The molecule has 2 aromatic carbocycles. The van der Waals surface area contributed by atoms with Crippen LogP contribution in [0.5, 0.6) is 5.75 Å². The molecule has 2 rings (SSSR count). The van der Waals surface area contributed by atoms with E-state index in [9.17, 15) is 9.59 Å². The van der Waals surface area contributed by atoms with Gasteiger partial charge < -0.3 is 4.74 Å². The summed E-state index contributed by atoms with van der Waals surface area (Å²) in [7, 11) is 0. The summed E-state index contributed by atoms with van der Waals surface area (Å²) in [6, 6.07) is 13.5. The Balaban J connectivity index is 1.98. The van der Waals surface area contributed by atoms with E-state index in [0.717, 1.165) is 10.8 Å². The molecule has 0 aromatic heterocycles. The molecule has 0 bridgehead atoms. The van der Waals surface area contributed by atoms with Crippen LogP contribution in [0.2, 0.25) is 0 Å². The van der Waals surface area contributed by atoms with Gasteiger partial charge in [0.1, 0.15) is 5.75 Å². The summed E-state index contributed by atoms with van der Waals surface area (Å²) < 4.78 is 5.59. The molecule has 0 fully saturated rings. The van der Waals surface area contributed by atoms with Crippen LogP contribution in [0.25, 0.3) is 10.8 Å². The van der Waals surface area contributed by atoms with Crippen LogP contribution in [0.4, 0.5) is 0 Å². The number of amides is 2. The van der Waals surface area contributed by atoms with Crippen LogP contribution in [-0.4, -0.2) is 17.9 Å². The van der Waals surface area contributed by atoms with Crippen LogP contribution in [0.15, 0.2) is 42.5 Å². The van der Waals surface area contributed by atoms with Crippen molar-refractivity contribution >= 4 is 22.6 Å². The lowest BCUT2D eigenvalue weighted by Crippen LogP contribution is -2.46. The summed E-state index contributed by atoms with van der Waals surface area (Å²) in [5.41, 5.74) is 4.64. The van der Waals surface area contributed by atoms with Crippen LogP contribution < -0.4 is 15.6 Å². The van der Waals surface area contributed by atoms with E-state index in [2.05, 4.69) is 10.9 Å². The molecule has 0 unspecified atom stereocenters. The average Bonchev–Trinajstić information content (AvgIpc) is 2.51. The summed E-state index contributed by atoms with van der Waals surface area (Å²) in [6.07, 6.45) is -0.400. The number of hydrogen-bond donors (Lipinski definition) is 2. The Labute approximate surface area is 123 Å². The van der Waals surface area contributed by atoms with Gasteiger partial charge in [0.2, 0.25) is 5.91 Å². The summed E-state index contributed by atoms with van der Waals surface area (Å²) in [4.78, 5) is 22.9. The second-order valence-electron chi connectivity index (χ2n) is 4.66. The topological polar surface area (TPSA) is 67.4 Å². The van der Waals surface area contributed by atoms with E-state index in [1.807, 2.05) is 42.5 Å². The molecule has 5 heteroatoms. The smallest absolute Gasteiger partial charge is 0.279 e. The first kappa shape index (κ1) is 14.8. The Morgan fingerprint density at radius 2 is 1.81 bits per heavy atom. The van der Waals surface area contributed by atoms with Crippen molar-refractivity contribution in [3.8, 4) is 5.75 Å². The van der Waals surface area contributed by atoms with E-state index < -0.39 is 12.0 Å². The van der Waals surface area contributed by atoms with E-state index in [4.69, 9.17) is 4.74 Å². The van der Waals surface area contributed by atoms with Gasteiger partial charge >= 0.3 is 0 Å². The van der Waals surface area contributed by atoms with E-state index in [1.54, 1.807) is 13.8 Å². The van der Waals surface area contributed by atoms with Crippen molar-refractivity contribution in [3.05, 3.63) is 42.5 Å². The summed E-state index contributed by atoms with van der Waals surface area (Å²) in [5.74, 6) is -0.0376. The minimum absolute atomic E-state index is 0.249. The largest absolute Gasteiger partial charge is 0.481 e. The second kappa shape index (κ2) is 6.74. The molecule has 0 spiro atoms. The molecule has 2 N–H and O–H groups in total. The first-order valence-electron chi connectivity index (χ1n) is 6.84. The third-order valence-corrected chi connectivity index (χ3v) is 3.05. The maximum absolute atomic E-state index is 11.8. The van der Waals surface area contributed by atoms with Gasteiger partial charge in [0.25, 0.3) is 5.91 Å². The zero-order valence-electron chi connectivity index (χ0n) is 12.1. The van der Waals surface area contributed by atoms with Crippen LogP contribution in [0.1, 0.15) is 20.3 Å². The SMILES string of the molecule is CCC(=O)NNC(=O)[C@H](C)Oc1ccc2ccccc2c1. The van der Waals surface area contributed by atoms with Gasteiger partial charge in [0.15, 0.2) is 6.10 Å². The number of fused-ring (bicyclic) bond motifs is 1. The molecular weight excluding hydrogens is 268 g/mol. The summed E-state index contributed by atoms with van der Waals surface area (Å²) in [6.45, 7) is 3.33. The third kappa shape index (κ3) is 3.95. The van der Waals surface area contributed by atoms with Gasteiger partial charge in [-0.15, -0.1) is 0 Å². The fourth-order valence-electron chi connectivity index (χ4n) is 1.82. The fraction of sp³-hybridized carbons (Fsp3) is 0.250. The van der Waals surface area contributed by atoms with Crippen molar-refractivity contribution in [2.45, 2.75) is 26.4 Å². The van der Waals surface area contributed by atoms with Crippen LogP contribution >= 0.6 is 0 Å². The maximum atomic E-state index is 11.8. The van der Waals surface area contributed by atoms with Crippen molar-refractivity contribution < 1.29 is 14.3 Å². The van der Waals surface area contributed by atoms with Gasteiger partial charge in [-0.3, -0.25) is 20.4 Å². The minimum Gasteiger partial charge on any atom is -0.481 e. The molecule has 21 heavy (non-hydrogen) atoms. The highest BCUT2D eigenvalue weighted by molar-refractivity contribution is 5.85. The standard InChI is InChI=1S/C16H18N2O3/c1-3-15(19)17-18-16(20)11(2)21-14-9-8-12-6-4-5-7-13(12)10-14/h4-11H,3H2,1-2H3,(H,17,19)(H,18,20)/t11-/m0/s1. The van der Waals surface area contributed by atoms with Gasteiger partial charge in [-0.25, -0.2) is 0 Å². The monoisotopic (exact) mass is 286 g/mol. The lowest BCUT2D eigenvalue weighted by atomic mass is 10.1. The van der Waals surface area contributed by atoms with Gasteiger partial charge in [0.05, 0.1) is 0 Å². The molecule has 2 aromatic rings. The number of benzene rings is 2. The predicted octanol–water partition coefficient (Wildman–Crippen LogP) is 2.16. The molecule has 1 atom stereocenters. The van der Waals surface area contributed by atoms with Crippen molar-refractivity contribution in [3.63, 3.8) is 0 Å². The first-order chi connectivity index (χ1) is 10.1. The van der Waals surface area contributed by atoms with E-state index in [-0.39, 0.29) is 5.91 Å². The Hall–Kier alpha value is -2.56. The normalized spacial score (nSPS) is 11.7. The number of rotatable bonds is 4. The molecule has 0 aliphatic heterocycles. The third-order valence-electron chi connectivity index (χ3n) is 3.05. The van der Waals surface area contributed by atoms with Crippen LogP contribution in [-0.2, 0) is 9.59 Å². The van der Waals surface area contributed by atoms with Crippen molar-refractivity contribution in [1.82, 2.24) is 10.9 Å². The van der Waals surface area contributed by atoms with Gasteiger partial charge in [-0.1, -0.05) is 37.3 Å². The Morgan fingerprint density at radius 1 is 1.10 bits per heavy atom. The number of carbonyl (C=O) groups excluding carboxylic acids is 2. The highest BCUT2D eigenvalue weighted by Crippen LogP contribution is 2.21. The van der Waals surface area contributed by atoms with E-state index in [1.165, 1.54) is 0 Å². The van der Waals surface area contributed by atoms with Crippen molar-refractivity contribution in [2.75, 3.05) is 0 Å². The van der Waals surface area contributed by atoms with E-state index in [0.29, 0.717) is 12.2 Å². The molecule has 0 radical (unpaired) electrons. The zero-order chi connectivity index (χ0) is 15.2. The Morgan fingerprint density at radius 3 is 2.52 bits per heavy atom. The predicted molar refractivity (Wildman–Crippen MR) is 80.6 cm³/mol. The Bertz CT molecular complexity index is 655. The molecule has 0 saturated heterocycles.